The second-order valence-corrected chi connectivity index (χ2v) is 9.34. The molecule has 4 nitrogen and oxygen atoms in total. The van der Waals surface area contributed by atoms with Gasteiger partial charge in [0.1, 0.15) is 0 Å². The molecule has 0 aromatic carbocycles. The molecule has 7 heteroatoms. The van der Waals surface area contributed by atoms with Crippen molar-refractivity contribution in [3.63, 3.8) is 0 Å². The zero-order valence-electron chi connectivity index (χ0n) is 12.6. The molecule has 0 aliphatic heterocycles. The fraction of sp³-hybridized carbons (Fsp3) is 0.714. The number of hydrogen-bond acceptors (Lipinski definition) is 5. The van der Waals surface area contributed by atoms with Crippen LogP contribution in [0.15, 0.2) is 16.3 Å². The summed E-state index contributed by atoms with van der Waals surface area (Å²) < 4.78 is 28.2. The molecule has 0 bridgehead atoms. The van der Waals surface area contributed by atoms with Crippen LogP contribution in [0.1, 0.15) is 38.0 Å². The molecule has 1 aliphatic rings. The van der Waals surface area contributed by atoms with Crippen LogP contribution < -0.4 is 10.0 Å². The highest BCUT2D eigenvalue weighted by Crippen LogP contribution is 2.31. The van der Waals surface area contributed by atoms with Gasteiger partial charge in [-0.1, -0.05) is 20.3 Å². The molecule has 2 unspecified atom stereocenters. The van der Waals surface area contributed by atoms with E-state index < -0.39 is 10.0 Å². The van der Waals surface area contributed by atoms with E-state index in [9.17, 15) is 8.42 Å². The van der Waals surface area contributed by atoms with Gasteiger partial charge in [-0.25, -0.2) is 13.1 Å². The predicted molar refractivity (Wildman–Crippen MR) is 91.6 cm³/mol. The van der Waals surface area contributed by atoms with Gasteiger partial charge in [-0.05, 0) is 36.6 Å². The molecule has 0 amide bonds. The standard InChI is InChI=1S/C14H24N2O2S3/c1-3-15-10-13-14(8-9-20-13)21(17,18)16-11-6-5-7-12(11)19-4-2/h8-9,11-12,15-16H,3-7,10H2,1-2H3. The molecule has 1 aliphatic carbocycles. The van der Waals surface area contributed by atoms with E-state index in [0.717, 1.165) is 36.4 Å². The van der Waals surface area contributed by atoms with Crippen LogP contribution in [0.4, 0.5) is 0 Å². The van der Waals surface area contributed by atoms with Gasteiger partial charge in [0.2, 0.25) is 10.0 Å². The van der Waals surface area contributed by atoms with Crippen LogP contribution in [0.25, 0.3) is 0 Å². The van der Waals surface area contributed by atoms with E-state index in [2.05, 4.69) is 17.0 Å². The van der Waals surface area contributed by atoms with Gasteiger partial charge in [0, 0.05) is 22.7 Å². The van der Waals surface area contributed by atoms with Crippen molar-refractivity contribution in [2.24, 2.45) is 0 Å². The number of thiophene rings is 1. The predicted octanol–water partition coefficient (Wildman–Crippen LogP) is 2.81. The van der Waals surface area contributed by atoms with E-state index in [1.54, 1.807) is 6.07 Å². The largest absolute Gasteiger partial charge is 0.312 e. The fourth-order valence-corrected chi connectivity index (χ4v) is 6.68. The summed E-state index contributed by atoms with van der Waals surface area (Å²) in [6, 6.07) is 1.79. The first kappa shape index (κ1) is 17.3. The zero-order valence-corrected chi connectivity index (χ0v) is 15.0. The van der Waals surface area contributed by atoms with Gasteiger partial charge in [-0.15, -0.1) is 11.3 Å². The Morgan fingerprint density at radius 3 is 2.90 bits per heavy atom. The number of nitrogens with one attached hydrogen (secondary N) is 2. The third-order valence-electron chi connectivity index (χ3n) is 3.67. The van der Waals surface area contributed by atoms with Gasteiger partial charge in [0.05, 0.1) is 4.90 Å². The average Bonchev–Trinajstić information content (AvgIpc) is 3.06. The Kier molecular flexibility index (Phi) is 6.55. The Morgan fingerprint density at radius 2 is 2.19 bits per heavy atom. The van der Waals surface area contributed by atoms with Crippen LogP contribution >= 0.6 is 23.1 Å². The Labute approximate surface area is 136 Å². The third-order valence-corrected chi connectivity index (χ3v) is 7.62. The van der Waals surface area contributed by atoms with E-state index in [1.807, 2.05) is 24.1 Å². The molecule has 0 spiro atoms. The Morgan fingerprint density at radius 1 is 1.38 bits per heavy atom. The first-order valence-electron chi connectivity index (χ1n) is 7.49. The molecule has 1 aromatic rings. The number of rotatable bonds is 8. The van der Waals surface area contributed by atoms with Crippen molar-refractivity contribution in [1.29, 1.82) is 0 Å². The minimum absolute atomic E-state index is 0.0758. The highest BCUT2D eigenvalue weighted by Gasteiger charge is 2.32. The summed E-state index contributed by atoms with van der Waals surface area (Å²) in [7, 11) is -3.41. The molecule has 1 aromatic heterocycles. The van der Waals surface area contributed by atoms with Crippen LogP contribution in [0.2, 0.25) is 0 Å². The topological polar surface area (TPSA) is 58.2 Å². The monoisotopic (exact) mass is 348 g/mol. The first-order valence-corrected chi connectivity index (χ1v) is 10.9. The lowest BCUT2D eigenvalue weighted by molar-refractivity contribution is 0.554. The SMILES string of the molecule is CCNCc1sccc1S(=O)(=O)NC1CCCC1SCC. The Balaban J connectivity index is 2.09. The molecule has 21 heavy (non-hydrogen) atoms. The minimum atomic E-state index is -3.41. The zero-order chi connectivity index (χ0) is 15.3. The molecule has 120 valence electrons. The van der Waals surface area contributed by atoms with Crippen molar-refractivity contribution in [1.82, 2.24) is 10.0 Å². The molecular formula is C14H24N2O2S3. The van der Waals surface area contributed by atoms with Crippen molar-refractivity contribution in [2.45, 2.75) is 55.8 Å². The fourth-order valence-electron chi connectivity index (χ4n) is 2.67. The van der Waals surface area contributed by atoms with Gasteiger partial charge in [-0.3, -0.25) is 0 Å². The van der Waals surface area contributed by atoms with Crippen LogP contribution in [-0.2, 0) is 16.6 Å². The lowest BCUT2D eigenvalue weighted by Gasteiger charge is -2.20. The summed E-state index contributed by atoms with van der Waals surface area (Å²) in [4.78, 5) is 1.34. The van der Waals surface area contributed by atoms with E-state index >= 15 is 0 Å². The van der Waals surface area contributed by atoms with Crippen LogP contribution in [0.3, 0.4) is 0 Å². The van der Waals surface area contributed by atoms with Gasteiger partial charge in [-0.2, -0.15) is 11.8 Å². The van der Waals surface area contributed by atoms with Gasteiger partial charge in [0.25, 0.3) is 0 Å². The summed E-state index contributed by atoms with van der Waals surface area (Å²) in [5.74, 6) is 1.03. The Hall–Kier alpha value is -0.0800. The quantitative estimate of drug-likeness (QED) is 0.758. The summed E-state index contributed by atoms with van der Waals surface area (Å²) in [5.41, 5.74) is 0. The van der Waals surface area contributed by atoms with Gasteiger partial charge in [0.15, 0.2) is 0 Å². The summed E-state index contributed by atoms with van der Waals surface area (Å²) in [6.45, 7) is 5.60. The maximum atomic E-state index is 12.6. The highest BCUT2D eigenvalue weighted by atomic mass is 32.2. The summed E-state index contributed by atoms with van der Waals surface area (Å²) in [6.07, 6.45) is 3.17. The van der Waals surface area contributed by atoms with Gasteiger partial charge < -0.3 is 5.32 Å². The van der Waals surface area contributed by atoms with Crippen LogP contribution in [-0.4, -0.2) is 32.0 Å². The number of hydrogen-bond donors (Lipinski definition) is 2. The van der Waals surface area contributed by atoms with E-state index in [0.29, 0.717) is 16.7 Å². The molecule has 2 atom stereocenters. The molecule has 1 saturated carbocycles. The number of thioether (sulfide) groups is 1. The first-order chi connectivity index (χ1) is 10.1. The lowest BCUT2D eigenvalue weighted by atomic mass is 10.3. The van der Waals surface area contributed by atoms with E-state index in [4.69, 9.17) is 0 Å². The molecule has 2 N–H and O–H groups in total. The maximum Gasteiger partial charge on any atom is 0.242 e. The Bertz CT molecular complexity index is 542. The maximum absolute atomic E-state index is 12.6. The molecule has 1 fully saturated rings. The van der Waals surface area contributed by atoms with Crippen LogP contribution in [0, 0.1) is 0 Å². The molecule has 0 radical (unpaired) electrons. The normalized spacial score (nSPS) is 22.8. The average molecular weight is 349 g/mol. The summed E-state index contributed by atoms with van der Waals surface area (Å²) in [5, 5.41) is 5.47. The van der Waals surface area contributed by atoms with Crippen molar-refractivity contribution in [3.05, 3.63) is 16.3 Å². The van der Waals surface area contributed by atoms with E-state index in [1.165, 1.54) is 11.3 Å². The highest BCUT2D eigenvalue weighted by molar-refractivity contribution is 8.00. The smallest absolute Gasteiger partial charge is 0.242 e. The summed E-state index contributed by atoms with van der Waals surface area (Å²) >= 11 is 3.36. The van der Waals surface area contributed by atoms with Crippen molar-refractivity contribution >= 4 is 33.1 Å². The molecule has 2 rings (SSSR count). The lowest BCUT2D eigenvalue weighted by Crippen LogP contribution is -2.39. The van der Waals surface area contributed by atoms with E-state index in [-0.39, 0.29) is 6.04 Å². The van der Waals surface area contributed by atoms with Crippen molar-refractivity contribution in [2.75, 3.05) is 12.3 Å². The van der Waals surface area contributed by atoms with Gasteiger partial charge >= 0.3 is 0 Å². The molecule has 1 heterocycles. The molecule has 0 saturated heterocycles. The van der Waals surface area contributed by atoms with Crippen molar-refractivity contribution < 1.29 is 8.42 Å². The second kappa shape index (κ2) is 7.97. The minimum Gasteiger partial charge on any atom is -0.312 e. The molecular weight excluding hydrogens is 324 g/mol. The van der Waals surface area contributed by atoms with Crippen molar-refractivity contribution in [3.8, 4) is 0 Å². The third kappa shape index (κ3) is 4.45. The van der Waals surface area contributed by atoms with Crippen LogP contribution in [0.5, 0.6) is 0 Å². The second-order valence-electron chi connectivity index (χ2n) is 5.14. The number of sulfonamides is 1.